The molecule has 0 radical (unpaired) electrons. The fraction of sp³-hybridized carbons (Fsp3) is 0.526. The first-order chi connectivity index (χ1) is 12.7. The molecule has 8 heteroatoms. The molecule has 1 unspecified atom stereocenters. The van der Waals surface area contributed by atoms with Crippen LogP contribution in [0.25, 0.3) is 11.4 Å². The fourth-order valence-corrected chi connectivity index (χ4v) is 4.47. The van der Waals surface area contributed by atoms with Crippen molar-refractivity contribution < 1.29 is 17.7 Å². The van der Waals surface area contributed by atoms with Gasteiger partial charge in [0.15, 0.2) is 0 Å². The second-order valence-electron chi connectivity index (χ2n) is 7.54. The van der Waals surface area contributed by atoms with Crippen molar-refractivity contribution in [1.82, 2.24) is 15.0 Å². The van der Waals surface area contributed by atoms with Crippen molar-refractivity contribution in [3.8, 4) is 11.4 Å². The monoisotopic (exact) mass is 391 g/mol. The van der Waals surface area contributed by atoms with Crippen molar-refractivity contribution in [1.29, 1.82) is 0 Å². The zero-order valence-electron chi connectivity index (χ0n) is 15.9. The molecule has 1 aliphatic rings. The summed E-state index contributed by atoms with van der Waals surface area (Å²) in [5.74, 6) is 1.30. The van der Waals surface area contributed by atoms with Crippen LogP contribution in [-0.4, -0.2) is 54.5 Å². The molecule has 0 N–H and O–H groups in total. The standard InChI is InChI=1S/C19H25N3O4S/c1-13(2)18-20-17(21-26-18)15-6-8-16(9-7-15)19(23)22-10-4-5-14(11-22)12-27(3,24)25/h6-9,13-14H,4-5,10-12H2,1-3H3. The normalized spacial score (nSPS) is 18.1. The molecule has 27 heavy (non-hydrogen) atoms. The summed E-state index contributed by atoms with van der Waals surface area (Å²) < 4.78 is 28.3. The molecule has 146 valence electrons. The van der Waals surface area contributed by atoms with Crippen molar-refractivity contribution in [3.05, 3.63) is 35.7 Å². The van der Waals surface area contributed by atoms with E-state index < -0.39 is 9.84 Å². The lowest BCUT2D eigenvalue weighted by Gasteiger charge is -2.32. The minimum absolute atomic E-state index is 0.00533. The Morgan fingerprint density at radius 3 is 2.59 bits per heavy atom. The lowest BCUT2D eigenvalue weighted by atomic mass is 9.99. The van der Waals surface area contributed by atoms with E-state index in [9.17, 15) is 13.2 Å². The third kappa shape index (κ3) is 4.94. The first-order valence-electron chi connectivity index (χ1n) is 9.14. The number of piperidine rings is 1. The van der Waals surface area contributed by atoms with Crippen LogP contribution in [0.3, 0.4) is 0 Å². The molecule has 0 spiro atoms. The Morgan fingerprint density at radius 2 is 2.00 bits per heavy atom. The van der Waals surface area contributed by atoms with Gasteiger partial charge in [0, 0.05) is 36.4 Å². The number of sulfone groups is 1. The van der Waals surface area contributed by atoms with Gasteiger partial charge in [0.1, 0.15) is 9.84 Å². The van der Waals surface area contributed by atoms with E-state index >= 15 is 0 Å². The summed E-state index contributed by atoms with van der Waals surface area (Å²) in [5.41, 5.74) is 1.36. The summed E-state index contributed by atoms with van der Waals surface area (Å²) in [5, 5.41) is 3.98. The Morgan fingerprint density at radius 1 is 1.30 bits per heavy atom. The Balaban J connectivity index is 1.69. The van der Waals surface area contributed by atoms with E-state index in [-0.39, 0.29) is 23.5 Å². The van der Waals surface area contributed by atoms with Gasteiger partial charge in [-0.1, -0.05) is 31.1 Å². The zero-order chi connectivity index (χ0) is 19.6. The maximum atomic E-state index is 12.8. The fourth-order valence-electron chi connectivity index (χ4n) is 3.35. The van der Waals surface area contributed by atoms with E-state index in [0.29, 0.717) is 30.4 Å². The van der Waals surface area contributed by atoms with Gasteiger partial charge >= 0.3 is 0 Å². The maximum Gasteiger partial charge on any atom is 0.253 e. The lowest BCUT2D eigenvalue weighted by molar-refractivity contribution is 0.0684. The minimum atomic E-state index is -3.04. The molecule has 0 saturated carbocycles. The van der Waals surface area contributed by atoms with Gasteiger partial charge in [-0.2, -0.15) is 4.98 Å². The quantitative estimate of drug-likeness (QED) is 0.778. The summed E-state index contributed by atoms with van der Waals surface area (Å²) in [7, 11) is -3.04. The van der Waals surface area contributed by atoms with Gasteiger partial charge in [0.2, 0.25) is 11.7 Å². The molecule has 1 fully saturated rings. The Hall–Kier alpha value is -2.22. The van der Waals surface area contributed by atoms with Gasteiger partial charge in [-0.15, -0.1) is 0 Å². The molecule has 1 aromatic heterocycles. The lowest BCUT2D eigenvalue weighted by Crippen LogP contribution is -2.41. The van der Waals surface area contributed by atoms with Crippen molar-refractivity contribution in [2.75, 3.05) is 25.1 Å². The van der Waals surface area contributed by atoms with E-state index in [1.165, 1.54) is 6.26 Å². The van der Waals surface area contributed by atoms with Crippen molar-refractivity contribution >= 4 is 15.7 Å². The molecule has 1 aliphatic heterocycles. The van der Waals surface area contributed by atoms with Crippen LogP contribution in [-0.2, 0) is 9.84 Å². The van der Waals surface area contributed by atoms with Gasteiger partial charge in [-0.05, 0) is 30.9 Å². The predicted molar refractivity (Wildman–Crippen MR) is 102 cm³/mol. The number of benzene rings is 1. The highest BCUT2D eigenvalue weighted by Crippen LogP contribution is 2.23. The molecule has 3 rings (SSSR count). The van der Waals surface area contributed by atoms with Crippen molar-refractivity contribution in [2.24, 2.45) is 5.92 Å². The smallest absolute Gasteiger partial charge is 0.253 e. The summed E-state index contributed by atoms with van der Waals surface area (Å²) in [6, 6.07) is 7.12. The number of likely N-dealkylation sites (tertiary alicyclic amines) is 1. The number of hydrogen-bond donors (Lipinski definition) is 0. The molecule has 0 bridgehead atoms. The number of rotatable bonds is 5. The molecular formula is C19H25N3O4S. The Labute approximate surface area is 159 Å². The highest BCUT2D eigenvalue weighted by atomic mass is 32.2. The number of nitrogens with zero attached hydrogens (tertiary/aromatic N) is 3. The Kier molecular flexibility index (Phi) is 5.64. The van der Waals surface area contributed by atoms with Gasteiger partial charge in [0.25, 0.3) is 5.91 Å². The average molecular weight is 391 g/mol. The van der Waals surface area contributed by atoms with Crippen LogP contribution < -0.4 is 0 Å². The van der Waals surface area contributed by atoms with E-state index in [0.717, 1.165) is 18.4 Å². The molecular weight excluding hydrogens is 366 g/mol. The molecule has 1 amide bonds. The third-order valence-corrected chi connectivity index (χ3v) is 5.75. The number of carbonyl (C=O) groups is 1. The van der Waals surface area contributed by atoms with Gasteiger partial charge in [-0.3, -0.25) is 4.79 Å². The molecule has 0 aliphatic carbocycles. The minimum Gasteiger partial charge on any atom is -0.339 e. The van der Waals surface area contributed by atoms with Crippen LogP contribution in [0.15, 0.2) is 28.8 Å². The summed E-state index contributed by atoms with van der Waals surface area (Å²) in [6.07, 6.45) is 2.91. The van der Waals surface area contributed by atoms with Crippen LogP contribution in [0, 0.1) is 5.92 Å². The van der Waals surface area contributed by atoms with E-state index in [1.54, 1.807) is 29.2 Å². The van der Waals surface area contributed by atoms with Crippen molar-refractivity contribution in [3.63, 3.8) is 0 Å². The zero-order valence-corrected chi connectivity index (χ0v) is 16.7. The van der Waals surface area contributed by atoms with Gasteiger partial charge in [-0.25, -0.2) is 8.42 Å². The highest BCUT2D eigenvalue weighted by Gasteiger charge is 2.26. The van der Waals surface area contributed by atoms with Gasteiger partial charge in [0.05, 0.1) is 5.75 Å². The molecule has 2 aromatic rings. The van der Waals surface area contributed by atoms with Crippen LogP contribution in [0.5, 0.6) is 0 Å². The molecule has 7 nitrogen and oxygen atoms in total. The first-order valence-corrected chi connectivity index (χ1v) is 11.2. The number of aromatic nitrogens is 2. The molecule has 1 atom stereocenters. The Bertz CT molecular complexity index is 903. The number of amides is 1. The summed E-state index contributed by atoms with van der Waals surface area (Å²) >= 11 is 0. The average Bonchev–Trinajstić information content (AvgIpc) is 3.10. The second kappa shape index (κ2) is 7.80. The number of hydrogen-bond acceptors (Lipinski definition) is 6. The first kappa shape index (κ1) is 19.5. The SMILES string of the molecule is CC(C)c1nc(-c2ccc(C(=O)N3CCCC(CS(C)(=O)=O)C3)cc2)no1. The van der Waals surface area contributed by atoms with Gasteiger partial charge < -0.3 is 9.42 Å². The summed E-state index contributed by atoms with van der Waals surface area (Å²) in [6.45, 7) is 5.10. The third-order valence-electron chi connectivity index (χ3n) is 4.67. The van der Waals surface area contributed by atoms with Crippen molar-refractivity contribution in [2.45, 2.75) is 32.6 Å². The van der Waals surface area contributed by atoms with Crippen LogP contribution in [0.2, 0.25) is 0 Å². The van der Waals surface area contributed by atoms with E-state index in [1.807, 2.05) is 13.8 Å². The largest absolute Gasteiger partial charge is 0.339 e. The number of carbonyl (C=O) groups excluding carboxylic acids is 1. The van der Waals surface area contributed by atoms with E-state index in [2.05, 4.69) is 10.1 Å². The molecule has 2 heterocycles. The highest BCUT2D eigenvalue weighted by molar-refractivity contribution is 7.90. The second-order valence-corrected chi connectivity index (χ2v) is 9.72. The van der Waals surface area contributed by atoms with E-state index in [4.69, 9.17) is 4.52 Å². The predicted octanol–water partition coefficient (Wildman–Crippen LogP) is 2.76. The molecule has 1 saturated heterocycles. The summed E-state index contributed by atoms with van der Waals surface area (Å²) in [4.78, 5) is 18.9. The van der Waals surface area contributed by atoms with Crippen LogP contribution in [0.1, 0.15) is 48.9 Å². The van der Waals surface area contributed by atoms with Crippen LogP contribution >= 0.6 is 0 Å². The van der Waals surface area contributed by atoms with Crippen LogP contribution in [0.4, 0.5) is 0 Å². The molecule has 1 aromatic carbocycles. The maximum absolute atomic E-state index is 12.8. The topological polar surface area (TPSA) is 93.4 Å².